The first-order chi connectivity index (χ1) is 18.6. The average molecular weight is 552 g/mol. The molecule has 0 bridgehead atoms. The molecule has 0 unspecified atom stereocenters. The van der Waals surface area contributed by atoms with Crippen molar-refractivity contribution in [3.05, 3.63) is 94.0 Å². The van der Waals surface area contributed by atoms with Crippen LogP contribution in [0.4, 0.5) is 0 Å². The number of hydrogen-bond acceptors (Lipinski definition) is 7. The van der Waals surface area contributed by atoms with Crippen molar-refractivity contribution in [2.45, 2.75) is 31.3 Å². The number of benzene rings is 3. The summed E-state index contributed by atoms with van der Waals surface area (Å²) < 4.78 is 11.9. The van der Waals surface area contributed by atoms with Gasteiger partial charge in [0.2, 0.25) is 0 Å². The van der Waals surface area contributed by atoms with Gasteiger partial charge in [-0.2, -0.15) is 0 Å². The van der Waals surface area contributed by atoms with Gasteiger partial charge in [0.1, 0.15) is 22.7 Å². The third-order valence-electron chi connectivity index (χ3n) is 6.93. The summed E-state index contributed by atoms with van der Waals surface area (Å²) in [5, 5.41) is 19.8. The Morgan fingerprint density at radius 2 is 1.72 bits per heavy atom. The summed E-state index contributed by atoms with van der Waals surface area (Å²) in [4.78, 5) is 39.8. The van der Waals surface area contributed by atoms with E-state index in [1.807, 2.05) is 25.1 Å². The molecule has 204 valence electrons. The van der Waals surface area contributed by atoms with Gasteiger partial charge in [0, 0.05) is 17.5 Å². The van der Waals surface area contributed by atoms with Gasteiger partial charge in [0.25, 0.3) is 0 Å². The second-order valence-corrected chi connectivity index (χ2v) is 10.4. The van der Waals surface area contributed by atoms with Gasteiger partial charge in [0.15, 0.2) is 0 Å². The highest BCUT2D eigenvalue weighted by atomic mass is 35.5. The Balaban J connectivity index is 1.71. The fraction of sp³-hybridized carbons (Fsp3) is 0.300. The molecule has 2 atom stereocenters. The number of carbonyl (C=O) groups is 3. The van der Waals surface area contributed by atoms with Gasteiger partial charge in [-0.15, -0.1) is 0 Å². The Hall–Kier alpha value is -3.88. The smallest absolute Gasteiger partial charge is 0.347 e. The molecule has 0 saturated heterocycles. The van der Waals surface area contributed by atoms with E-state index in [0.29, 0.717) is 18.5 Å². The first kappa shape index (κ1) is 28.1. The van der Waals surface area contributed by atoms with E-state index in [0.717, 1.165) is 19.3 Å². The van der Waals surface area contributed by atoms with Crippen molar-refractivity contribution in [3.63, 3.8) is 0 Å². The zero-order valence-electron chi connectivity index (χ0n) is 21.7. The Morgan fingerprint density at radius 3 is 2.44 bits per heavy atom. The Bertz CT molecular complexity index is 1390. The Morgan fingerprint density at radius 1 is 0.974 bits per heavy atom. The monoisotopic (exact) mass is 551 g/mol. The van der Waals surface area contributed by atoms with Crippen LogP contribution in [0, 0.1) is 5.92 Å². The van der Waals surface area contributed by atoms with Crippen LogP contribution in [0.2, 0.25) is 5.02 Å². The van der Waals surface area contributed by atoms with Gasteiger partial charge in [-0.05, 0) is 87.5 Å². The molecule has 2 N–H and O–H groups in total. The number of halogens is 1. The lowest BCUT2D eigenvalue weighted by molar-refractivity contribution is -0.0826. The molecule has 0 radical (unpaired) electrons. The van der Waals surface area contributed by atoms with Crippen LogP contribution in [0.25, 0.3) is 0 Å². The van der Waals surface area contributed by atoms with E-state index >= 15 is 0 Å². The second-order valence-electron chi connectivity index (χ2n) is 9.95. The standard InChI is InChI=1S/C30H30ClNO7/c1-32(2)18-22-9-3-4-14-30(22,39-28(36)20-8-5-7-19(15-20)27(34)35)21-10-6-11-24(16-21)38-29(37)25-13-12-23(31)17-26(25)33/h5-8,10-13,15-17,22,33H,3-4,9,14,18H2,1-2H3,(H,34,35)/t22-,30+/m1/s1. The lowest BCUT2D eigenvalue weighted by Crippen LogP contribution is -2.46. The lowest BCUT2D eigenvalue weighted by atomic mass is 9.71. The number of aromatic carboxylic acids is 1. The maximum absolute atomic E-state index is 13.5. The molecule has 4 rings (SSSR count). The van der Waals surface area contributed by atoms with Crippen molar-refractivity contribution < 1.29 is 34.1 Å². The third-order valence-corrected chi connectivity index (χ3v) is 7.16. The van der Waals surface area contributed by atoms with Gasteiger partial charge in [0.05, 0.1) is 11.1 Å². The number of aromatic hydroxyl groups is 1. The molecule has 0 aromatic heterocycles. The maximum Gasteiger partial charge on any atom is 0.347 e. The van der Waals surface area contributed by atoms with Gasteiger partial charge in [-0.3, -0.25) is 0 Å². The molecule has 3 aromatic carbocycles. The first-order valence-corrected chi connectivity index (χ1v) is 13.0. The molecule has 0 aliphatic heterocycles. The molecular weight excluding hydrogens is 522 g/mol. The predicted molar refractivity (Wildman–Crippen MR) is 146 cm³/mol. The highest BCUT2D eigenvalue weighted by Gasteiger charge is 2.46. The minimum Gasteiger partial charge on any atom is -0.507 e. The number of carboxylic acids is 1. The summed E-state index contributed by atoms with van der Waals surface area (Å²) in [6.07, 6.45) is 3.14. The van der Waals surface area contributed by atoms with E-state index in [1.165, 1.54) is 42.5 Å². The van der Waals surface area contributed by atoms with Crippen LogP contribution in [0.15, 0.2) is 66.7 Å². The minimum atomic E-state index is -1.14. The molecule has 1 aliphatic carbocycles. The number of rotatable bonds is 8. The SMILES string of the molecule is CN(C)C[C@H]1CCCC[C@]1(OC(=O)c1cccc(C(=O)O)c1)c1cccc(OC(=O)c2ccc(Cl)cc2O)c1. The van der Waals surface area contributed by atoms with Crippen LogP contribution in [0.3, 0.4) is 0 Å². The molecule has 1 aliphatic rings. The van der Waals surface area contributed by atoms with Gasteiger partial charge in [-0.25, -0.2) is 14.4 Å². The summed E-state index contributed by atoms with van der Waals surface area (Å²) >= 11 is 5.88. The number of ether oxygens (including phenoxy) is 2. The number of hydrogen-bond donors (Lipinski definition) is 2. The van der Waals surface area contributed by atoms with E-state index in [9.17, 15) is 24.6 Å². The maximum atomic E-state index is 13.5. The van der Waals surface area contributed by atoms with Crippen molar-refractivity contribution in [1.29, 1.82) is 0 Å². The molecule has 0 heterocycles. The van der Waals surface area contributed by atoms with Crippen LogP contribution < -0.4 is 4.74 Å². The van der Waals surface area contributed by atoms with Gasteiger partial charge < -0.3 is 24.6 Å². The normalized spacial score (nSPS) is 18.9. The summed E-state index contributed by atoms with van der Waals surface area (Å²) in [7, 11) is 3.91. The fourth-order valence-electron chi connectivity index (χ4n) is 5.13. The Kier molecular flexibility index (Phi) is 8.57. The summed E-state index contributed by atoms with van der Waals surface area (Å²) in [6, 6.07) is 16.7. The van der Waals surface area contributed by atoms with Crippen molar-refractivity contribution >= 4 is 29.5 Å². The topological polar surface area (TPSA) is 113 Å². The van der Waals surface area contributed by atoms with Crippen LogP contribution in [-0.2, 0) is 10.3 Å². The molecule has 0 spiro atoms. The highest BCUT2D eigenvalue weighted by molar-refractivity contribution is 6.30. The quantitative estimate of drug-likeness (QED) is 0.268. The van der Waals surface area contributed by atoms with Crippen molar-refractivity contribution in [2.24, 2.45) is 5.92 Å². The van der Waals surface area contributed by atoms with Crippen molar-refractivity contribution in [1.82, 2.24) is 4.90 Å². The van der Waals surface area contributed by atoms with E-state index in [4.69, 9.17) is 21.1 Å². The van der Waals surface area contributed by atoms with E-state index in [1.54, 1.807) is 18.2 Å². The first-order valence-electron chi connectivity index (χ1n) is 12.6. The predicted octanol–water partition coefficient (Wildman–Crippen LogP) is 5.77. The molecule has 9 heteroatoms. The van der Waals surface area contributed by atoms with E-state index in [2.05, 4.69) is 0 Å². The molecule has 1 saturated carbocycles. The third kappa shape index (κ3) is 6.41. The number of phenols is 1. The largest absolute Gasteiger partial charge is 0.507 e. The van der Waals surface area contributed by atoms with E-state index < -0.39 is 23.5 Å². The number of esters is 2. The molecule has 1 fully saturated rings. The van der Waals surface area contributed by atoms with Gasteiger partial charge >= 0.3 is 17.9 Å². The average Bonchev–Trinajstić information content (AvgIpc) is 2.89. The summed E-state index contributed by atoms with van der Waals surface area (Å²) in [6.45, 7) is 0.644. The number of nitrogens with zero attached hydrogens (tertiary/aromatic N) is 1. The zero-order chi connectivity index (χ0) is 28.2. The van der Waals surface area contributed by atoms with Crippen LogP contribution >= 0.6 is 11.6 Å². The van der Waals surface area contributed by atoms with E-state index in [-0.39, 0.29) is 39.1 Å². The molecule has 8 nitrogen and oxygen atoms in total. The molecule has 39 heavy (non-hydrogen) atoms. The second kappa shape index (κ2) is 11.9. The molecular formula is C30H30ClNO7. The molecule has 3 aromatic rings. The fourth-order valence-corrected chi connectivity index (χ4v) is 5.30. The van der Waals surface area contributed by atoms with Crippen molar-refractivity contribution in [2.75, 3.05) is 20.6 Å². The van der Waals surface area contributed by atoms with Crippen LogP contribution in [0.1, 0.15) is 62.3 Å². The number of phenolic OH excluding ortho intramolecular Hbond substituents is 1. The lowest BCUT2D eigenvalue weighted by Gasteiger charge is -2.45. The zero-order valence-corrected chi connectivity index (χ0v) is 22.5. The Labute approximate surface area is 231 Å². The van der Waals surface area contributed by atoms with Crippen LogP contribution in [-0.4, -0.2) is 53.7 Å². The van der Waals surface area contributed by atoms with Gasteiger partial charge in [-0.1, -0.05) is 36.2 Å². The number of carboxylic acid groups (broad SMARTS) is 1. The number of carbonyl (C=O) groups excluding carboxylic acids is 2. The summed E-state index contributed by atoms with van der Waals surface area (Å²) in [5.74, 6) is -2.66. The molecule has 0 amide bonds. The highest BCUT2D eigenvalue weighted by Crippen LogP contribution is 2.46. The summed E-state index contributed by atoms with van der Waals surface area (Å²) in [5.41, 5.74) is -0.269. The minimum absolute atomic E-state index is 0.00801. The van der Waals surface area contributed by atoms with Crippen molar-refractivity contribution in [3.8, 4) is 11.5 Å². The van der Waals surface area contributed by atoms with Crippen LogP contribution in [0.5, 0.6) is 11.5 Å².